The van der Waals surface area contributed by atoms with Crippen molar-refractivity contribution >= 4 is 17.5 Å². The van der Waals surface area contributed by atoms with Crippen LogP contribution in [0.25, 0.3) is 0 Å². The van der Waals surface area contributed by atoms with Crippen molar-refractivity contribution < 1.29 is 9.59 Å². The summed E-state index contributed by atoms with van der Waals surface area (Å²) in [5.41, 5.74) is 2.09. The minimum atomic E-state index is -0.186. The first kappa shape index (κ1) is 13.7. The molecule has 1 aromatic carbocycles. The number of pyridine rings is 1. The molecular formula is C15H15N3O2. The Bertz CT molecular complexity index is 612. The Morgan fingerprint density at radius 2 is 1.90 bits per heavy atom. The van der Waals surface area contributed by atoms with E-state index in [1.54, 1.807) is 36.7 Å². The molecule has 0 spiro atoms. The molecule has 2 amide bonds. The molecule has 0 aliphatic rings. The van der Waals surface area contributed by atoms with Crippen LogP contribution in [0.1, 0.15) is 22.8 Å². The summed E-state index contributed by atoms with van der Waals surface area (Å²) >= 11 is 0. The molecule has 0 aliphatic heterocycles. The van der Waals surface area contributed by atoms with Crippen LogP contribution in [-0.4, -0.2) is 16.8 Å². The molecule has 0 saturated carbocycles. The number of carbonyl (C=O) groups excluding carboxylic acids is 2. The predicted molar refractivity (Wildman–Crippen MR) is 76.2 cm³/mol. The molecule has 20 heavy (non-hydrogen) atoms. The zero-order valence-electron chi connectivity index (χ0n) is 11.1. The zero-order chi connectivity index (χ0) is 14.4. The van der Waals surface area contributed by atoms with Gasteiger partial charge in [0.25, 0.3) is 5.91 Å². The molecule has 5 nitrogen and oxygen atoms in total. The summed E-state index contributed by atoms with van der Waals surface area (Å²) in [6, 6.07) is 10.5. The largest absolute Gasteiger partial charge is 0.348 e. The van der Waals surface area contributed by atoms with Crippen LogP contribution in [0, 0.1) is 0 Å². The van der Waals surface area contributed by atoms with E-state index >= 15 is 0 Å². The number of carbonyl (C=O) groups is 2. The Labute approximate surface area is 117 Å². The number of aromatic nitrogens is 1. The monoisotopic (exact) mass is 269 g/mol. The smallest absolute Gasteiger partial charge is 0.251 e. The number of anilines is 1. The lowest BCUT2D eigenvalue weighted by Crippen LogP contribution is -2.22. The SMILES string of the molecule is CC(=O)Nc1cccc(C(=O)NCc2ccncc2)c1. The fourth-order valence-corrected chi connectivity index (χ4v) is 1.73. The maximum Gasteiger partial charge on any atom is 0.251 e. The molecule has 5 heteroatoms. The third-order valence-electron chi connectivity index (χ3n) is 2.65. The first-order chi connectivity index (χ1) is 9.65. The highest BCUT2D eigenvalue weighted by Crippen LogP contribution is 2.10. The van der Waals surface area contributed by atoms with E-state index in [1.807, 2.05) is 12.1 Å². The summed E-state index contributed by atoms with van der Waals surface area (Å²) in [5.74, 6) is -0.353. The van der Waals surface area contributed by atoms with Gasteiger partial charge in [-0.15, -0.1) is 0 Å². The topological polar surface area (TPSA) is 71.1 Å². The van der Waals surface area contributed by atoms with E-state index in [0.29, 0.717) is 17.8 Å². The lowest BCUT2D eigenvalue weighted by molar-refractivity contribution is -0.114. The molecule has 0 radical (unpaired) electrons. The lowest BCUT2D eigenvalue weighted by atomic mass is 10.2. The Kier molecular flexibility index (Phi) is 4.44. The Hall–Kier alpha value is -2.69. The van der Waals surface area contributed by atoms with E-state index in [1.165, 1.54) is 6.92 Å². The van der Waals surface area contributed by atoms with E-state index in [-0.39, 0.29) is 11.8 Å². The summed E-state index contributed by atoms with van der Waals surface area (Å²) in [4.78, 5) is 26.9. The van der Waals surface area contributed by atoms with Crippen molar-refractivity contribution in [1.82, 2.24) is 10.3 Å². The highest BCUT2D eigenvalue weighted by Gasteiger charge is 2.06. The maximum atomic E-state index is 12.0. The van der Waals surface area contributed by atoms with Crippen LogP contribution in [0.4, 0.5) is 5.69 Å². The molecule has 0 aliphatic carbocycles. The first-order valence-electron chi connectivity index (χ1n) is 6.20. The summed E-state index contributed by atoms with van der Waals surface area (Å²) in [5, 5.41) is 5.46. The van der Waals surface area contributed by atoms with E-state index in [2.05, 4.69) is 15.6 Å². The van der Waals surface area contributed by atoms with Crippen molar-refractivity contribution in [2.24, 2.45) is 0 Å². The number of rotatable bonds is 4. The van der Waals surface area contributed by atoms with Gasteiger partial charge in [-0.05, 0) is 35.9 Å². The average molecular weight is 269 g/mol. The van der Waals surface area contributed by atoms with Crippen molar-refractivity contribution in [3.8, 4) is 0 Å². The van der Waals surface area contributed by atoms with Gasteiger partial charge in [0.1, 0.15) is 0 Å². The zero-order valence-corrected chi connectivity index (χ0v) is 11.1. The number of hydrogen-bond donors (Lipinski definition) is 2. The quantitative estimate of drug-likeness (QED) is 0.891. The normalized spacial score (nSPS) is 9.85. The van der Waals surface area contributed by atoms with Gasteiger partial charge in [-0.3, -0.25) is 14.6 Å². The van der Waals surface area contributed by atoms with Gasteiger partial charge in [0.2, 0.25) is 5.91 Å². The number of nitrogens with zero attached hydrogens (tertiary/aromatic N) is 1. The van der Waals surface area contributed by atoms with Crippen LogP contribution in [0.2, 0.25) is 0 Å². The second kappa shape index (κ2) is 6.47. The minimum Gasteiger partial charge on any atom is -0.348 e. The average Bonchev–Trinajstić information content (AvgIpc) is 2.45. The molecule has 2 N–H and O–H groups in total. The van der Waals surface area contributed by atoms with Crippen molar-refractivity contribution in [3.63, 3.8) is 0 Å². The maximum absolute atomic E-state index is 12.0. The highest BCUT2D eigenvalue weighted by atomic mass is 16.2. The molecule has 0 atom stereocenters. The molecule has 0 bridgehead atoms. The molecule has 0 saturated heterocycles. The minimum absolute atomic E-state index is 0.167. The highest BCUT2D eigenvalue weighted by molar-refractivity contribution is 5.96. The molecule has 2 rings (SSSR count). The van der Waals surface area contributed by atoms with E-state index in [0.717, 1.165) is 5.56 Å². The van der Waals surface area contributed by atoms with Crippen molar-refractivity contribution in [1.29, 1.82) is 0 Å². The lowest BCUT2D eigenvalue weighted by Gasteiger charge is -2.07. The summed E-state index contributed by atoms with van der Waals surface area (Å²) in [6.07, 6.45) is 3.36. The van der Waals surface area contributed by atoms with Gasteiger partial charge >= 0.3 is 0 Å². The number of benzene rings is 1. The summed E-state index contributed by atoms with van der Waals surface area (Å²) < 4.78 is 0. The van der Waals surface area contributed by atoms with E-state index in [9.17, 15) is 9.59 Å². The Morgan fingerprint density at radius 1 is 1.15 bits per heavy atom. The van der Waals surface area contributed by atoms with E-state index < -0.39 is 0 Å². The van der Waals surface area contributed by atoms with Gasteiger partial charge < -0.3 is 10.6 Å². The molecule has 0 fully saturated rings. The van der Waals surface area contributed by atoms with Gasteiger partial charge in [0.15, 0.2) is 0 Å². The molecule has 1 aromatic heterocycles. The second-order valence-corrected chi connectivity index (χ2v) is 4.30. The van der Waals surface area contributed by atoms with Crippen LogP contribution >= 0.6 is 0 Å². The fourth-order valence-electron chi connectivity index (χ4n) is 1.73. The fraction of sp³-hybridized carbons (Fsp3) is 0.133. The van der Waals surface area contributed by atoms with Gasteiger partial charge in [0.05, 0.1) is 0 Å². The third kappa shape index (κ3) is 3.91. The van der Waals surface area contributed by atoms with Gasteiger partial charge in [0, 0.05) is 37.1 Å². The Balaban J connectivity index is 2.00. The number of hydrogen-bond acceptors (Lipinski definition) is 3. The van der Waals surface area contributed by atoms with Crippen LogP contribution in [0.15, 0.2) is 48.8 Å². The summed E-state index contributed by atoms with van der Waals surface area (Å²) in [7, 11) is 0. The van der Waals surface area contributed by atoms with Crippen LogP contribution in [0.5, 0.6) is 0 Å². The molecule has 2 aromatic rings. The molecular weight excluding hydrogens is 254 g/mol. The molecule has 102 valence electrons. The van der Waals surface area contributed by atoms with Crippen molar-refractivity contribution in [2.45, 2.75) is 13.5 Å². The van der Waals surface area contributed by atoms with Crippen LogP contribution < -0.4 is 10.6 Å². The third-order valence-corrected chi connectivity index (χ3v) is 2.65. The standard InChI is InChI=1S/C15H15N3O2/c1-11(19)18-14-4-2-3-13(9-14)15(20)17-10-12-5-7-16-8-6-12/h2-9H,10H2,1H3,(H,17,20)(H,18,19). The predicted octanol–water partition coefficient (Wildman–Crippen LogP) is 1.97. The molecule has 1 heterocycles. The van der Waals surface area contributed by atoms with Crippen molar-refractivity contribution in [2.75, 3.05) is 5.32 Å². The first-order valence-corrected chi connectivity index (χ1v) is 6.20. The van der Waals surface area contributed by atoms with E-state index in [4.69, 9.17) is 0 Å². The Morgan fingerprint density at radius 3 is 2.60 bits per heavy atom. The van der Waals surface area contributed by atoms with Crippen LogP contribution in [0.3, 0.4) is 0 Å². The van der Waals surface area contributed by atoms with Gasteiger partial charge in [-0.25, -0.2) is 0 Å². The second-order valence-electron chi connectivity index (χ2n) is 4.30. The molecule has 0 unspecified atom stereocenters. The number of nitrogens with one attached hydrogen (secondary N) is 2. The summed E-state index contributed by atoms with van der Waals surface area (Å²) in [6.45, 7) is 1.86. The van der Waals surface area contributed by atoms with Crippen molar-refractivity contribution in [3.05, 3.63) is 59.9 Å². The van der Waals surface area contributed by atoms with Crippen LogP contribution in [-0.2, 0) is 11.3 Å². The van der Waals surface area contributed by atoms with Gasteiger partial charge in [-0.2, -0.15) is 0 Å². The van der Waals surface area contributed by atoms with Gasteiger partial charge in [-0.1, -0.05) is 6.07 Å². The number of amides is 2.